The zero-order valence-corrected chi connectivity index (χ0v) is 20.7. The highest BCUT2D eigenvalue weighted by Crippen LogP contribution is 2.06. The van der Waals surface area contributed by atoms with Gasteiger partial charge in [-0.2, -0.15) is 0 Å². The van der Waals surface area contributed by atoms with Crippen molar-refractivity contribution in [3.63, 3.8) is 0 Å². The minimum absolute atomic E-state index is 0.00488. The summed E-state index contributed by atoms with van der Waals surface area (Å²) in [6.45, 7) is 0.342. The quantitative estimate of drug-likeness (QED) is 0.0915. The molecular formula is C22H34N10O6. The van der Waals surface area contributed by atoms with Crippen LogP contribution in [-0.4, -0.2) is 85.4 Å². The Hall–Kier alpha value is -4.31. The van der Waals surface area contributed by atoms with Crippen molar-refractivity contribution in [3.8, 4) is 0 Å². The number of aliphatic carboxylic acids is 1. The van der Waals surface area contributed by atoms with E-state index in [2.05, 4.69) is 35.9 Å². The molecule has 2 aromatic heterocycles. The number of nitrogens with one attached hydrogen (secondary N) is 5. The first kappa shape index (κ1) is 29.9. The number of nitrogens with zero attached hydrogens (tertiary/aromatic N) is 2. The summed E-state index contributed by atoms with van der Waals surface area (Å²) in [6, 6.07) is -4.90. The Labute approximate surface area is 217 Å². The second-order valence-corrected chi connectivity index (χ2v) is 8.65. The number of unbranched alkanes of at least 4 members (excludes halogenated alkanes) is 1. The fourth-order valence-electron chi connectivity index (χ4n) is 3.54. The maximum Gasteiger partial charge on any atom is 0.326 e. The molecule has 0 saturated carbocycles. The average molecular weight is 535 g/mol. The van der Waals surface area contributed by atoms with Gasteiger partial charge in [0.25, 0.3) is 0 Å². The third-order valence-corrected chi connectivity index (χ3v) is 5.54. The van der Waals surface area contributed by atoms with Crippen molar-refractivity contribution in [2.24, 2.45) is 17.2 Å². The van der Waals surface area contributed by atoms with Crippen LogP contribution in [0.2, 0.25) is 0 Å². The van der Waals surface area contributed by atoms with Crippen LogP contribution in [0.15, 0.2) is 25.0 Å². The summed E-state index contributed by atoms with van der Waals surface area (Å²) in [4.78, 5) is 75.1. The molecule has 4 unspecified atom stereocenters. The molecule has 208 valence electrons. The molecule has 0 aliphatic rings. The normalized spacial score (nSPS) is 14.1. The molecule has 0 aliphatic carbocycles. The maximum absolute atomic E-state index is 13.3. The van der Waals surface area contributed by atoms with Crippen molar-refractivity contribution in [1.82, 2.24) is 35.9 Å². The topological polar surface area (TPSA) is 277 Å². The summed E-state index contributed by atoms with van der Waals surface area (Å²) >= 11 is 0. The van der Waals surface area contributed by atoms with Gasteiger partial charge in [-0.25, -0.2) is 14.8 Å². The fourth-order valence-corrected chi connectivity index (χ4v) is 3.54. The number of hydrogen-bond donors (Lipinski definition) is 9. The number of carbonyl (C=O) groups is 5. The first-order valence-corrected chi connectivity index (χ1v) is 11.9. The van der Waals surface area contributed by atoms with Crippen molar-refractivity contribution in [1.29, 1.82) is 0 Å². The van der Waals surface area contributed by atoms with Gasteiger partial charge in [-0.1, -0.05) is 0 Å². The molecule has 0 bridgehead atoms. The molecular weight excluding hydrogens is 500 g/mol. The third kappa shape index (κ3) is 9.98. The number of amides is 4. The van der Waals surface area contributed by atoms with E-state index in [0.717, 1.165) is 0 Å². The summed E-state index contributed by atoms with van der Waals surface area (Å²) in [5, 5.41) is 16.7. The van der Waals surface area contributed by atoms with Crippen molar-refractivity contribution in [2.75, 3.05) is 6.54 Å². The van der Waals surface area contributed by atoms with Gasteiger partial charge in [0, 0.05) is 36.6 Å². The Balaban J connectivity index is 2.16. The van der Waals surface area contributed by atoms with E-state index in [1.807, 2.05) is 0 Å². The fraction of sp³-hybridized carbons (Fsp3) is 0.500. The number of carbonyl (C=O) groups excluding carboxylic acids is 4. The van der Waals surface area contributed by atoms with Crippen LogP contribution in [0.25, 0.3) is 0 Å². The lowest BCUT2D eigenvalue weighted by atomic mass is 10.0. The molecule has 2 rings (SSSR count). The molecule has 4 amide bonds. The number of primary amides is 1. The van der Waals surface area contributed by atoms with Gasteiger partial charge in [0.05, 0.1) is 25.1 Å². The lowest BCUT2D eigenvalue weighted by Gasteiger charge is -2.25. The SMILES string of the molecule is NCCCCC(NC(=O)C(Cc1cnc[nH]1)NC(=O)C(N)Cc1cnc[nH]1)C(=O)NC(CC(N)=O)C(=O)O. The molecule has 0 fully saturated rings. The zero-order chi connectivity index (χ0) is 28.1. The van der Waals surface area contributed by atoms with Gasteiger partial charge >= 0.3 is 5.97 Å². The Bertz CT molecular complexity index is 1060. The van der Waals surface area contributed by atoms with Crippen molar-refractivity contribution in [3.05, 3.63) is 36.4 Å². The lowest BCUT2D eigenvalue weighted by molar-refractivity contribution is -0.143. The third-order valence-electron chi connectivity index (χ3n) is 5.54. The largest absolute Gasteiger partial charge is 0.480 e. The van der Waals surface area contributed by atoms with E-state index in [4.69, 9.17) is 17.2 Å². The Morgan fingerprint density at radius 1 is 0.842 bits per heavy atom. The van der Waals surface area contributed by atoms with Crippen LogP contribution in [0, 0.1) is 0 Å². The van der Waals surface area contributed by atoms with Gasteiger partial charge in [0.15, 0.2) is 0 Å². The minimum atomic E-state index is -1.57. The minimum Gasteiger partial charge on any atom is -0.480 e. The summed E-state index contributed by atoms with van der Waals surface area (Å²) in [5.74, 6) is -4.53. The molecule has 16 nitrogen and oxygen atoms in total. The highest BCUT2D eigenvalue weighted by Gasteiger charge is 2.31. The number of H-pyrrole nitrogens is 2. The maximum atomic E-state index is 13.3. The lowest BCUT2D eigenvalue weighted by Crippen LogP contribution is -2.58. The van der Waals surface area contributed by atoms with Gasteiger partial charge < -0.3 is 48.2 Å². The predicted octanol–water partition coefficient (Wildman–Crippen LogP) is -3.21. The van der Waals surface area contributed by atoms with Crippen molar-refractivity contribution in [2.45, 2.75) is 62.7 Å². The van der Waals surface area contributed by atoms with E-state index in [1.165, 1.54) is 25.0 Å². The highest BCUT2D eigenvalue weighted by atomic mass is 16.4. The Morgan fingerprint density at radius 2 is 1.39 bits per heavy atom. The highest BCUT2D eigenvalue weighted by molar-refractivity contribution is 5.95. The molecule has 2 heterocycles. The van der Waals surface area contributed by atoms with E-state index in [-0.39, 0.29) is 19.3 Å². The molecule has 0 spiro atoms. The van der Waals surface area contributed by atoms with Crippen LogP contribution in [0.4, 0.5) is 0 Å². The monoisotopic (exact) mass is 534 g/mol. The number of carboxylic acids is 1. The number of nitrogens with two attached hydrogens (primary N) is 3. The Kier molecular flexibility index (Phi) is 11.9. The van der Waals surface area contributed by atoms with Crippen LogP contribution in [0.5, 0.6) is 0 Å². The molecule has 0 radical (unpaired) electrons. The summed E-state index contributed by atoms with van der Waals surface area (Å²) in [6.07, 6.45) is 6.48. The van der Waals surface area contributed by atoms with E-state index in [0.29, 0.717) is 30.8 Å². The Morgan fingerprint density at radius 3 is 1.92 bits per heavy atom. The molecule has 2 aromatic rings. The van der Waals surface area contributed by atoms with Gasteiger partial charge in [-0.3, -0.25) is 19.2 Å². The van der Waals surface area contributed by atoms with Crippen LogP contribution in [0.1, 0.15) is 37.1 Å². The van der Waals surface area contributed by atoms with E-state index in [9.17, 15) is 29.1 Å². The number of rotatable bonds is 17. The number of imidazole rings is 2. The van der Waals surface area contributed by atoms with Crippen LogP contribution in [-0.2, 0) is 36.8 Å². The molecule has 4 atom stereocenters. The van der Waals surface area contributed by atoms with Gasteiger partial charge in [-0.15, -0.1) is 0 Å². The van der Waals surface area contributed by atoms with Crippen molar-refractivity contribution < 1.29 is 29.1 Å². The molecule has 16 heteroatoms. The van der Waals surface area contributed by atoms with Gasteiger partial charge in [-0.05, 0) is 25.8 Å². The number of hydrogen-bond acceptors (Lipinski definition) is 9. The number of aromatic nitrogens is 4. The first-order chi connectivity index (χ1) is 18.1. The molecule has 38 heavy (non-hydrogen) atoms. The first-order valence-electron chi connectivity index (χ1n) is 11.9. The molecule has 12 N–H and O–H groups in total. The predicted molar refractivity (Wildman–Crippen MR) is 133 cm³/mol. The average Bonchev–Trinajstić information content (AvgIpc) is 3.56. The van der Waals surface area contributed by atoms with E-state index in [1.54, 1.807) is 0 Å². The van der Waals surface area contributed by atoms with Gasteiger partial charge in [0.1, 0.15) is 18.1 Å². The molecule has 0 saturated heterocycles. The smallest absolute Gasteiger partial charge is 0.326 e. The molecule has 0 aliphatic heterocycles. The summed E-state index contributed by atoms with van der Waals surface area (Å²) in [5.41, 5.74) is 17.8. The van der Waals surface area contributed by atoms with Crippen LogP contribution < -0.4 is 33.2 Å². The van der Waals surface area contributed by atoms with E-state index >= 15 is 0 Å². The van der Waals surface area contributed by atoms with Crippen molar-refractivity contribution >= 4 is 29.6 Å². The number of carboxylic acid groups (broad SMARTS) is 1. The number of aromatic amines is 2. The van der Waals surface area contributed by atoms with E-state index < -0.39 is 60.2 Å². The second-order valence-electron chi connectivity index (χ2n) is 8.65. The van der Waals surface area contributed by atoms with Crippen LogP contribution in [0.3, 0.4) is 0 Å². The molecule has 0 aromatic carbocycles. The summed E-state index contributed by atoms with van der Waals surface area (Å²) < 4.78 is 0. The standard InChI is InChI=1S/C22H34N10O6/c23-4-2-1-3-15(20(35)32-17(22(37)38)7-18(25)33)30-21(36)16(6-13-9-27-11-29-13)31-19(34)14(24)5-12-8-26-10-28-12/h8-11,14-17H,1-7,23-24H2,(H2,25,33)(H,26,28)(H,27,29)(H,30,36)(H,31,34)(H,32,35)(H,37,38). The second kappa shape index (κ2) is 15.1. The van der Waals surface area contributed by atoms with Crippen LogP contribution >= 0.6 is 0 Å². The summed E-state index contributed by atoms with van der Waals surface area (Å²) in [7, 11) is 0. The zero-order valence-electron chi connectivity index (χ0n) is 20.7. The van der Waals surface area contributed by atoms with Gasteiger partial charge in [0.2, 0.25) is 23.6 Å².